The number of carbonyl (C=O) groups excluding carboxylic acids is 1. The summed E-state index contributed by atoms with van der Waals surface area (Å²) in [4.78, 5) is 14.1. The topological polar surface area (TPSA) is 46.3 Å². The fraction of sp³-hybridized carbons (Fsp3) is 0.235. The fourth-order valence-corrected chi connectivity index (χ4v) is 2.45. The Labute approximate surface area is 130 Å². The van der Waals surface area contributed by atoms with Crippen LogP contribution in [0.1, 0.15) is 27.0 Å². The zero-order valence-electron chi connectivity index (χ0n) is 12.5. The van der Waals surface area contributed by atoms with Crippen molar-refractivity contribution in [3.05, 3.63) is 63.7 Å². The number of carbonyl (C=O) groups is 1. The maximum absolute atomic E-state index is 12.5. The number of anilines is 1. The molecule has 4 heteroatoms. The molecule has 2 aromatic carbocycles. The van der Waals surface area contributed by atoms with Crippen LogP contribution in [-0.4, -0.2) is 17.9 Å². The molecule has 21 heavy (non-hydrogen) atoms. The summed E-state index contributed by atoms with van der Waals surface area (Å²) in [6, 6.07) is 11.3. The predicted molar refractivity (Wildman–Crippen MR) is 87.6 cm³/mol. The smallest absolute Gasteiger partial charge is 0.256 e. The maximum Gasteiger partial charge on any atom is 0.256 e. The van der Waals surface area contributed by atoms with E-state index in [2.05, 4.69) is 19.1 Å². The van der Waals surface area contributed by atoms with Crippen molar-refractivity contribution in [2.45, 2.75) is 20.4 Å². The first kappa shape index (κ1) is 15.4. The van der Waals surface area contributed by atoms with E-state index in [0.29, 0.717) is 22.8 Å². The molecule has 2 N–H and O–H groups in total. The van der Waals surface area contributed by atoms with Crippen LogP contribution in [0.15, 0.2) is 36.4 Å². The van der Waals surface area contributed by atoms with Crippen LogP contribution in [0.25, 0.3) is 0 Å². The third-order valence-corrected chi connectivity index (χ3v) is 3.87. The molecule has 0 atom stereocenters. The predicted octanol–water partition coefficient (Wildman–Crippen LogP) is 3.81. The average molecular weight is 303 g/mol. The Bertz CT molecular complexity index is 682. The summed E-state index contributed by atoms with van der Waals surface area (Å²) in [7, 11) is 1.77. The molecular weight excluding hydrogens is 284 g/mol. The molecule has 0 bridgehead atoms. The van der Waals surface area contributed by atoms with Gasteiger partial charge in [0.1, 0.15) is 0 Å². The summed E-state index contributed by atoms with van der Waals surface area (Å²) in [6.07, 6.45) is 0. The van der Waals surface area contributed by atoms with E-state index in [1.807, 2.05) is 13.0 Å². The molecule has 0 aliphatic rings. The van der Waals surface area contributed by atoms with Gasteiger partial charge in [-0.05, 0) is 37.1 Å². The van der Waals surface area contributed by atoms with E-state index in [-0.39, 0.29) is 5.91 Å². The number of hydrogen-bond donors (Lipinski definition) is 1. The number of amides is 1. The molecule has 0 saturated carbocycles. The van der Waals surface area contributed by atoms with Gasteiger partial charge in [-0.2, -0.15) is 0 Å². The minimum absolute atomic E-state index is 0.130. The molecule has 110 valence electrons. The number of hydrogen-bond acceptors (Lipinski definition) is 2. The largest absolute Gasteiger partial charge is 0.397 e. The maximum atomic E-state index is 12.5. The van der Waals surface area contributed by atoms with E-state index < -0.39 is 0 Å². The molecule has 0 unspecified atom stereocenters. The summed E-state index contributed by atoms with van der Waals surface area (Å²) in [5.41, 5.74) is 10.2. The van der Waals surface area contributed by atoms with Crippen molar-refractivity contribution in [2.24, 2.45) is 0 Å². The lowest BCUT2D eigenvalue weighted by Crippen LogP contribution is -2.27. The molecular formula is C17H19ClN2O. The zero-order chi connectivity index (χ0) is 15.6. The lowest BCUT2D eigenvalue weighted by atomic mass is 10.0. The monoisotopic (exact) mass is 302 g/mol. The van der Waals surface area contributed by atoms with Crippen LogP contribution < -0.4 is 5.73 Å². The second kappa shape index (κ2) is 6.19. The number of para-hydroxylation sites is 1. The first-order chi connectivity index (χ1) is 9.90. The number of aryl methyl sites for hydroxylation is 2. The van der Waals surface area contributed by atoms with Crippen molar-refractivity contribution in [1.82, 2.24) is 4.90 Å². The van der Waals surface area contributed by atoms with Gasteiger partial charge in [-0.3, -0.25) is 4.79 Å². The van der Waals surface area contributed by atoms with Crippen molar-refractivity contribution >= 4 is 23.2 Å². The minimum Gasteiger partial charge on any atom is -0.397 e. The lowest BCUT2D eigenvalue weighted by molar-refractivity contribution is 0.0786. The third-order valence-electron chi connectivity index (χ3n) is 3.54. The molecule has 0 spiro atoms. The molecule has 1 amide bonds. The SMILES string of the molecule is Cc1ccc(CN(C)C(=O)c2cccc(Cl)c2N)c(C)c1. The molecule has 0 aliphatic heterocycles. The van der Waals surface area contributed by atoms with E-state index in [1.165, 1.54) is 11.1 Å². The van der Waals surface area contributed by atoms with Crippen molar-refractivity contribution in [1.29, 1.82) is 0 Å². The minimum atomic E-state index is -0.130. The van der Waals surface area contributed by atoms with Gasteiger partial charge in [0.2, 0.25) is 0 Å². The number of rotatable bonds is 3. The van der Waals surface area contributed by atoms with Gasteiger partial charge in [0.25, 0.3) is 5.91 Å². The Balaban J connectivity index is 2.21. The Hall–Kier alpha value is -2.00. The van der Waals surface area contributed by atoms with Crippen molar-refractivity contribution in [3.63, 3.8) is 0 Å². The van der Waals surface area contributed by atoms with Gasteiger partial charge < -0.3 is 10.6 Å². The third kappa shape index (κ3) is 3.37. The summed E-state index contributed by atoms with van der Waals surface area (Å²) < 4.78 is 0. The highest BCUT2D eigenvalue weighted by Crippen LogP contribution is 2.24. The van der Waals surface area contributed by atoms with Crippen LogP contribution in [0.5, 0.6) is 0 Å². The van der Waals surface area contributed by atoms with E-state index in [9.17, 15) is 4.79 Å². The van der Waals surface area contributed by atoms with E-state index in [1.54, 1.807) is 30.1 Å². The van der Waals surface area contributed by atoms with Gasteiger partial charge in [-0.15, -0.1) is 0 Å². The summed E-state index contributed by atoms with van der Waals surface area (Å²) in [5.74, 6) is -0.130. The molecule has 0 heterocycles. The van der Waals surface area contributed by atoms with Crippen LogP contribution in [0.3, 0.4) is 0 Å². The summed E-state index contributed by atoms with van der Waals surface area (Å²) in [6.45, 7) is 4.64. The molecule has 0 aliphatic carbocycles. The molecule has 3 nitrogen and oxygen atoms in total. The molecule has 0 aromatic heterocycles. The standard InChI is InChI=1S/C17H19ClN2O/c1-11-7-8-13(12(2)9-11)10-20(3)17(21)14-5-4-6-15(18)16(14)19/h4-9H,10,19H2,1-3H3. The van der Waals surface area contributed by atoms with E-state index in [0.717, 1.165) is 5.56 Å². The lowest BCUT2D eigenvalue weighted by Gasteiger charge is -2.20. The van der Waals surface area contributed by atoms with Crippen LogP contribution in [0, 0.1) is 13.8 Å². The number of nitrogens with two attached hydrogens (primary N) is 1. The van der Waals surface area contributed by atoms with Crippen molar-refractivity contribution in [3.8, 4) is 0 Å². The molecule has 0 fully saturated rings. The van der Waals surface area contributed by atoms with E-state index >= 15 is 0 Å². The van der Waals surface area contributed by atoms with Gasteiger partial charge >= 0.3 is 0 Å². The highest BCUT2D eigenvalue weighted by molar-refractivity contribution is 6.33. The number of nitrogens with zero attached hydrogens (tertiary/aromatic N) is 1. The first-order valence-corrected chi connectivity index (χ1v) is 7.13. The average Bonchev–Trinajstić information content (AvgIpc) is 2.44. The highest BCUT2D eigenvalue weighted by Gasteiger charge is 2.16. The quantitative estimate of drug-likeness (QED) is 0.876. The van der Waals surface area contributed by atoms with Crippen LogP contribution >= 0.6 is 11.6 Å². The molecule has 2 aromatic rings. The van der Waals surface area contributed by atoms with Gasteiger partial charge in [-0.1, -0.05) is 41.4 Å². The molecule has 0 radical (unpaired) electrons. The number of halogens is 1. The van der Waals surface area contributed by atoms with Gasteiger partial charge in [0, 0.05) is 13.6 Å². The van der Waals surface area contributed by atoms with E-state index in [4.69, 9.17) is 17.3 Å². The summed E-state index contributed by atoms with van der Waals surface area (Å²) in [5, 5.41) is 0.403. The van der Waals surface area contributed by atoms with Gasteiger partial charge in [-0.25, -0.2) is 0 Å². The van der Waals surface area contributed by atoms with Gasteiger partial charge in [0.05, 0.1) is 16.3 Å². The van der Waals surface area contributed by atoms with Gasteiger partial charge in [0.15, 0.2) is 0 Å². The van der Waals surface area contributed by atoms with Crippen LogP contribution in [0.2, 0.25) is 5.02 Å². The second-order valence-electron chi connectivity index (χ2n) is 5.29. The Morgan fingerprint density at radius 1 is 1.24 bits per heavy atom. The van der Waals surface area contributed by atoms with Crippen molar-refractivity contribution in [2.75, 3.05) is 12.8 Å². The first-order valence-electron chi connectivity index (χ1n) is 6.75. The Morgan fingerprint density at radius 2 is 1.95 bits per heavy atom. The highest BCUT2D eigenvalue weighted by atomic mass is 35.5. The Kier molecular flexibility index (Phi) is 4.53. The zero-order valence-corrected chi connectivity index (χ0v) is 13.2. The molecule has 2 rings (SSSR count). The van der Waals surface area contributed by atoms with Crippen molar-refractivity contribution < 1.29 is 4.79 Å². The van der Waals surface area contributed by atoms with Crippen LogP contribution in [0.4, 0.5) is 5.69 Å². The second-order valence-corrected chi connectivity index (χ2v) is 5.70. The Morgan fingerprint density at radius 3 is 2.62 bits per heavy atom. The number of benzene rings is 2. The number of nitrogen functional groups attached to an aromatic ring is 1. The normalized spacial score (nSPS) is 10.5. The molecule has 0 saturated heterocycles. The summed E-state index contributed by atoms with van der Waals surface area (Å²) >= 11 is 5.97. The fourth-order valence-electron chi connectivity index (χ4n) is 2.28. The van der Waals surface area contributed by atoms with Crippen LogP contribution in [-0.2, 0) is 6.54 Å².